The fourth-order valence-corrected chi connectivity index (χ4v) is 2.63. The molecule has 6 heteroatoms. The van der Waals surface area contributed by atoms with Gasteiger partial charge in [-0.3, -0.25) is 15.0 Å². The van der Waals surface area contributed by atoms with E-state index in [0.717, 1.165) is 12.0 Å². The third-order valence-corrected chi connectivity index (χ3v) is 3.89. The summed E-state index contributed by atoms with van der Waals surface area (Å²) in [6.07, 6.45) is 1.50. The number of piperidine rings is 1. The molecule has 2 atom stereocenters. The number of nitrogens with zero attached hydrogens (tertiary/aromatic N) is 2. The summed E-state index contributed by atoms with van der Waals surface area (Å²) in [5, 5.41) is 10.9. The van der Waals surface area contributed by atoms with Gasteiger partial charge in [-0.15, -0.1) is 0 Å². The number of ether oxygens (including phenoxy) is 1. The molecule has 1 saturated heterocycles. The van der Waals surface area contributed by atoms with Crippen LogP contribution in [0.25, 0.3) is 0 Å². The number of benzene rings is 1. The van der Waals surface area contributed by atoms with E-state index >= 15 is 0 Å². The Kier molecular flexibility index (Phi) is 5.14. The molecule has 0 saturated carbocycles. The Morgan fingerprint density at radius 1 is 1.38 bits per heavy atom. The van der Waals surface area contributed by atoms with Crippen molar-refractivity contribution in [2.24, 2.45) is 0 Å². The number of carbonyl (C=O) groups excluding carboxylic acids is 1. The first-order valence-electron chi connectivity index (χ1n) is 7.22. The molecule has 0 radical (unpaired) electrons. The van der Waals surface area contributed by atoms with Crippen LogP contribution in [-0.2, 0) is 11.3 Å². The Morgan fingerprint density at radius 3 is 2.71 bits per heavy atom. The highest BCUT2D eigenvalue weighted by atomic mass is 16.6. The van der Waals surface area contributed by atoms with E-state index in [1.165, 1.54) is 4.90 Å². The first-order valence-corrected chi connectivity index (χ1v) is 7.22. The van der Waals surface area contributed by atoms with Crippen LogP contribution in [-0.4, -0.2) is 34.5 Å². The van der Waals surface area contributed by atoms with Gasteiger partial charge in [0.2, 0.25) is 6.04 Å². The van der Waals surface area contributed by atoms with Crippen LogP contribution >= 0.6 is 0 Å². The van der Waals surface area contributed by atoms with E-state index in [-0.39, 0.29) is 24.1 Å². The number of hydrogen-bond acceptors (Lipinski definition) is 4. The molecule has 6 nitrogen and oxygen atoms in total. The lowest BCUT2D eigenvalue weighted by Crippen LogP contribution is -2.50. The minimum Gasteiger partial charge on any atom is -0.445 e. The third-order valence-electron chi connectivity index (χ3n) is 3.89. The van der Waals surface area contributed by atoms with Crippen molar-refractivity contribution in [3.05, 3.63) is 46.0 Å². The van der Waals surface area contributed by atoms with Crippen molar-refractivity contribution in [2.75, 3.05) is 6.54 Å². The van der Waals surface area contributed by atoms with Crippen LogP contribution < -0.4 is 0 Å². The quantitative estimate of drug-likeness (QED) is 0.632. The SMILES string of the molecule is CC[C@H]1CCC([N+](=O)[O-])CN1C(=O)OCc1ccccc1. The molecule has 1 aromatic carbocycles. The van der Waals surface area contributed by atoms with Gasteiger partial charge in [-0.05, 0) is 18.4 Å². The van der Waals surface area contributed by atoms with Gasteiger partial charge in [-0.1, -0.05) is 37.3 Å². The first kappa shape index (κ1) is 15.3. The third kappa shape index (κ3) is 3.93. The Bertz CT molecular complexity index is 492. The van der Waals surface area contributed by atoms with Gasteiger partial charge < -0.3 is 4.74 Å². The van der Waals surface area contributed by atoms with Crippen molar-refractivity contribution >= 4 is 6.09 Å². The summed E-state index contributed by atoms with van der Waals surface area (Å²) >= 11 is 0. The lowest BCUT2D eigenvalue weighted by molar-refractivity contribution is -0.526. The molecule has 0 spiro atoms. The van der Waals surface area contributed by atoms with Crippen LogP contribution in [0.5, 0.6) is 0 Å². The second-order valence-electron chi connectivity index (χ2n) is 5.27. The molecule has 1 aliphatic rings. The Labute approximate surface area is 123 Å². The number of carbonyl (C=O) groups is 1. The highest BCUT2D eigenvalue weighted by molar-refractivity contribution is 5.68. The molecule has 1 aromatic rings. The summed E-state index contributed by atoms with van der Waals surface area (Å²) in [4.78, 5) is 24.3. The van der Waals surface area contributed by atoms with E-state index in [1.807, 2.05) is 37.3 Å². The van der Waals surface area contributed by atoms with Gasteiger partial charge in [0.05, 0.1) is 6.54 Å². The molecule has 1 unspecified atom stereocenters. The van der Waals surface area contributed by atoms with E-state index in [4.69, 9.17) is 4.74 Å². The Hall–Kier alpha value is -2.11. The zero-order valence-corrected chi connectivity index (χ0v) is 12.1. The molecule has 1 amide bonds. The predicted molar refractivity (Wildman–Crippen MR) is 77.4 cm³/mol. The zero-order chi connectivity index (χ0) is 15.2. The maximum absolute atomic E-state index is 12.2. The number of rotatable bonds is 4. The van der Waals surface area contributed by atoms with Crippen molar-refractivity contribution in [3.8, 4) is 0 Å². The molecule has 2 rings (SSSR count). The van der Waals surface area contributed by atoms with Gasteiger partial charge in [-0.25, -0.2) is 4.79 Å². The Morgan fingerprint density at radius 2 is 2.10 bits per heavy atom. The lowest BCUT2D eigenvalue weighted by atomic mass is 9.97. The second-order valence-corrected chi connectivity index (χ2v) is 5.27. The molecule has 0 aromatic heterocycles. The monoisotopic (exact) mass is 292 g/mol. The van der Waals surface area contributed by atoms with Gasteiger partial charge in [0.25, 0.3) is 0 Å². The van der Waals surface area contributed by atoms with Crippen LogP contribution in [0, 0.1) is 10.1 Å². The second kappa shape index (κ2) is 7.06. The summed E-state index contributed by atoms with van der Waals surface area (Å²) in [6.45, 7) is 2.31. The molecule has 0 aliphatic carbocycles. The number of likely N-dealkylation sites (tertiary alicyclic amines) is 1. The van der Waals surface area contributed by atoms with Crippen molar-refractivity contribution in [2.45, 2.75) is 44.9 Å². The van der Waals surface area contributed by atoms with Gasteiger partial charge in [0.1, 0.15) is 6.61 Å². The van der Waals surface area contributed by atoms with Gasteiger partial charge in [0, 0.05) is 17.4 Å². The average Bonchev–Trinajstić information content (AvgIpc) is 2.52. The van der Waals surface area contributed by atoms with Gasteiger partial charge in [0.15, 0.2) is 0 Å². The summed E-state index contributed by atoms with van der Waals surface area (Å²) < 4.78 is 5.29. The molecule has 0 N–H and O–H groups in total. The van der Waals surface area contributed by atoms with Crippen LogP contribution in [0.2, 0.25) is 0 Å². The highest BCUT2D eigenvalue weighted by Gasteiger charge is 2.36. The summed E-state index contributed by atoms with van der Waals surface area (Å²) in [7, 11) is 0. The Balaban J connectivity index is 1.96. The van der Waals surface area contributed by atoms with Crippen LogP contribution in [0.1, 0.15) is 31.7 Å². The molecule has 114 valence electrons. The first-order chi connectivity index (χ1) is 10.1. The van der Waals surface area contributed by atoms with E-state index in [1.54, 1.807) is 0 Å². The smallest absolute Gasteiger partial charge is 0.410 e. The fourth-order valence-electron chi connectivity index (χ4n) is 2.63. The topological polar surface area (TPSA) is 72.7 Å². The van der Waals surface area contributed by atoms with E-state index < -0.39 is 12.1 Å². The number of hydrogen-bond donors (Lipinski definition) is 0. The minimum atomic E-state index is -0.683. The normalized spacial score (nSPS) is 21.9. The zero-order valence-electron chi connectivity index (χ0n) is 12.1. The van der Waals surface area contributed by atoms with Crippen LogP contribution in [0.4, 0.5) is 4.79 Å². The molecule has 1 aliphatic heterocycles. The minimum absolute atomic E-state index is 0.0319. The van der Waals surface area contributed by atoms with Crippen molar-refractivity contribution in [1.29, 1.82) is 0 Å². The maximum atomic E-state index is 12.2. The van der Waals surface area contributed by atoms with E-state index in [2.05, 4.69) is 0 Å². The van der Waals surface area contributed by atoms with Gasteiger partial charge in [-0.2, -0.15) is 0 Å². The predicted octanol–water partition coefficient (Wildman–Crippen LogP) is 2.84. The maximum Gasteiger partial charge on any atom is 0.410 e. The van der Waals surface area contributed by atoms with E-state index in [0.29, 0.717) is 12.8 Å². The van der Waals surface area contributed by atoms with E-state index in [9.17, 15) is 14.9 Å². The van der Waals surface area contributed by atoms with Crippen molar-refractivity contribution in [1.82, 2.24) is 4.90 Å². The van der Waals surface area contributed by atoms with Crippen LogP contribution in [0.3, 0.4) is 0 Å². The van der Waals surface area contributed by atoms with Gasteiger partial charge >= 0.3 is 6.09 Å². The average molecular weight is 292 g/mol. The standard InChI is InChI=1S/C15H20N2O4/c1-2-13-8-9-14(17(19)20)10-16(13)15(18)21-11-12-6-4-3-5-7-12/h3-7,13-14H,2,8-11H2,1H3/t13-,14?/m0/s1. The fraction of sp³-hybridized carbons (Fsp3) is 0.533. The molecular formula is C15H20N2O4. The lowest BCUT2D eigenvalue weighted by Gasteiger charge is -2.35. The van der Waals surface area contributed by atoms with Crippen LogP contribution in [0.15, 0.2) is 30.3 Å². The highest BCUT2D eigenvalue weighted by Crippen LogP contribution is 2.22. The molecule has 0 bridgehead atoms. The molecular weight excluding hydrogens is 272 g/mol. The largest absolute Gasteiger partial charge is 0.445 e. The summed E-state index contributed by atoms with van der Waals surface area (Å²) in [5.41, 5.74) is 0.904. The van der Waals surface area contributed by atoms with Crippen molar-refractivity contribution < 1.29 is 14.5 Å². The van der Waals surface area contributed by atoms with Crippen molar-refractivity contribution in [3.63, 3.8) is 0 Å². The molecule has 1 heterocycles. The molecule has 21 heavy (non-hydrogen) atoms. The summed E-state index contributed by atoms with van der Waals surface area (Å²) in [6, 6.07) is 8.75. The number of amides is 1. The summed E-state index contributed by atoms with van der Waals surface area (Å²) in [5.74, 6) is 0. The number of nitro groups is 1. The molecule has 1 fully saturated rings.